The Morgan fingerprint density at radius 3 is 2.89 bits per heavy atom. The Morgan fingerprint density at radius 1 is 1.33 bits per heavy atom. The Bertz CT molecular complexity index is 464. The van der Waals surface area contributed by atoms with Gasteiger partial charge >= 0.3 is 0 Å². The number of carbonyl (C=O) groups excluding carboxylic acids is 1. The zero-order valence-corrected chi connectivity index (χ0v) is 10.9. The molecule has 3 rings (SSSR count). The predicted molar refractivity (Wildman–Crippen MR) is 72.7 cm³/mol. The summed E-state index contributed by atoms with van der Waals surface area (Å²) in [7, 11) is 1.85. The second-order valence-corrected chi connectivity index (χ2v) is 5.45. The first-order chi connectivity index (χ1) is 8.74. The Hall–Kier alpha value is -1.35. The molecule has 3 nitrogen and oxygen atoms in total. The summed E-state index contributed by atoms with van der Waals surface area (Å²) in [4.78, 5) is 13.4. The number of fused-ring (bicyclic) bond motifs is 1. The quantitative estimate of drug-likeness (QED) is 0.884. The third kappa shape index (κ3) is 2.15. The highest BCUT2D eigenvalue weighted by atomic mass is 16.2. The van der Waals surface area contributed by atoms with Crippen LogP contribution in [0, 0.1) is 0 Å². The van der Waals surface area contributed by atoms with Gasteiger partial charge < -0.3 is 10.2 Å². The SMILES string of the molecule is CN1C(=O)Cc2cc(CNC3CCCC3)ccc21. The molecule has 0 atom stereocenters. The summed E-state index contributed by atoms with van der Waals surface area (Å²) in [6.07, 6.45) is 5.91. The fraction of sp³-hybridized carbons (Fsp3) is 0.533. The highest BCUT2D eigenvalue weighted by molar-refractivity contribution is 6.00. The number of amides is 1. The van der Waals surface area contributed by atoms with Crippen molar-refractivity contribution in [1.82, 2.24) is 5.32 Å². The van der Waals surface area contributed by atoms with Crippen molar-refractivity contribution < 1.29 is 4.79 Å². The molecule has 0 radical (unpaired) electrons. The highest BCUT2D eigenvalue weighted by Gasteiger charge is 2.23. The first-order valence-electron chi connectivity index (χ1n) is 6.86. The van der Waals surface area contributed by atoms with Crippen molar-refractivity contribution in [3.8, 4) is 0 Å². The molecule has 1 aliphatic heterocycles. The minimum atomic E-state index is 0.200. The Morgan fingerprint density at radius 2 is 2.11 bits per heavy atom. The Labute approximate surface area is 108 Å². The van der Waals surface area contributed by atoms with Crippen molar-refractivity contribution in [1.29, 1.82) is 0 Å². The Kier molecular flexibility index (Phi) is 3.08. The number of carbonyl (C=O) groups is 1. The average molecular weight is 244 g/mol. The summed E-state index contributed by atoms with van der Waals surface area (Å²) in [5, 5.41) is 3.61. The van der Waals surface area contributed by atoms with Crippen LogP contribution in [0.5, 0.6) is 0 Å². The molecule has 0 aromatic heterocycles. The second-order valence-electron chi connectivity index (χ2n) is 5.45. The molecule has 96 valence electrons. The van der Waals surface area contributed by atoms with Crippen LogP contribution in [-0.4, -0.2) is 19.0 Å². The molecular formula is C15H20N2O. The van der Waals surface area contributed by atoms with Gasteiger partial charge in [-0.15, -0.1) is 0 Å². The van der Waals surface area contributed by atoms with E-state index in [1.165, 1.54) is 36.8 Å². The average Bonchev–Trinajstić information content (AvgIpc) is 2.97. The van der Waals surface area contributed by atoms with E-state index in [-0.39, 0.29) is 5.91 Å². The van der Waals surface area contributed by atoms with E-state index in [0.29, 0.717) is 12.5 Å². The van der Waals surface area contributed by atoms with Crippen molar-refractivity contribution in [2.45, 2.75) is 44.7 Å². The van der Waals surface area contributed by atoms with Crippen molar-refractivity contribution in [3.05, 3.63) is 29.3 Å². The molecule has 1 aliphatic carbocycles. The summed E-state index contributed by atoms with van der Waals surface area (Å²) < 4.78 is 0. The molecule has 2 aliphatic rings. The van der Waals surface area contributed by atoms with Crippen LogP contribution in [0.3, 0.4) is 0 Å². The maximum atomic E-state index is 11.6. The van der Waals surface area contributed by atoms with E-state index < -0.39 is 0 Å². The van der Waals surface area contributed by atoms with Gasteiger partial charge in [-0.1, -0.05) is 25.0 Å². The standard InChI is InChI=1S/C15H20N2O/c1-17-14-7-6-11(8-12(14)9-15(17)18)10-16-13-4-2-3-5-13/h6-8,13,16H,2-5,9-10H2,1H3. The van der Waals surface area contributed by atoms with Crippen molar-refractivity contribution in [3.63, 3.8) is 0 Å². The van der Waals surface area contributed by atoms with Gasteiger partial charge in [0.05, 0.1) is 6.42 Å². The summed E-state index contributed by atoms with van der Waals surface area (Å²) >= 11 is 0. The van der Waals surface area contributed by atoms with E-state index >= 15 is 0 Å². The van der Waals surface area contributed by atoms with Crippen LogP contribution >= 0.6 is 0 Å². The normalized spacial score (nSPS) is 19.6. The van der Waals surface area contributed by atoms with Gasteiger partial charge in [-0.25, -0.2) is 0 Å². The summed E-state index contributed by atoms with van der Waals surface area (Å²) in [5.41, 5.74) is 3.54. The fourth-order valence-corrected chi connectivity index (χ4v) is 3.03. The van der Waals surface area contributed by atoms with Crippen LogP contribution < -0.4 is 10.2 Å². The highest BCUT2D eigenvalue weighted by Crippen LogP contribution is 2.28. The van der Waals surface area contributed by atoms with E-state index in [2.05, 4.69) is 23.5 Å². The van der Waals surface area contributed by atoms with Crippen LogP contribution in [0.25, 0.3) is 0 Å². The van der Waals surface area contributed by atoms with E-state index in [1.807, 2.05) is 7.05 Å². The molecule has 0 unspecified atom stereocenters. The number of anilines is 1. The first-order valence-corrected chi connectivity index (χ1v) is 6.86. The van der Waals surface area contributed by atoms with E-state index in [4.69, 9.17) is 0 Å². The number of rotatable bonds is 3. The van der Waals surface area contributed by atoms with Gasteiger partial charge in [-0.3, -0.25) is 4.79 Å². The zero-order valence-electron chi connectivity index (χ0n) is 10.9. The molecule has 1 heterocycles. The van der Waals surface area contributed by atoms with Crippen molar-refractivity contribution in [2.24, 2.45) is 0 Å². The van der Waals surface area contributed by atoms with Gasteiger partial charge in [0, 0.05) is 25.3 Å². The van der Waals surface area contributed by atoms with E-state index in [0.717, 1.165) is 12.2 Å². The number of likely N-dealkylation sites (N-methyl/N-ethyl adjacent to an activating group) is 1. The smallest absolute Gasteiger partial charge is 0.231 e. The topological polar surface area (TPSA) is 32.3 Å². The molecule has 3 heteroatoms. The van der Waals surface area contributed by atoms with Gasteiger partial charge in [0.25, 0.3) is 0 Å². The van der Waals surface area contributed by atoms with Gasteiger partial charge in [-0.05, 0) is 30.0 Å². The zero-order chi connectivity index (χ0) is 12.5. The molecule has 18 heavy (non-hydrogen) atoms. The van der Waals surface area contributed by atoms with Crippen LogP contribution in [0.4, 0.5) is 5.69 Å². The molecule has 1 aromatic rings. The fourth-order valence-electron chi connectivity index (χ4n) is 3.03. The monoisotopic (exact) mass is 244 g/mol. The minimum Gasteiger partial charge on any atom is -0.315 e. The lowest BCUT2D eigenvalue weighted by molar-refractivity contribution is -0.117. The minimum absolute atomic E-state index is 0.200. The van der Waals surface area contributed by atoms with Gasteiger partial charge in [0.2, 0.25) is 5.91 Å². The van der Waals surface area contributed by atoms with Gasteiger partial charge in [0.15, 0.2) is 0 Å². The van der Waals surface area contributed by atoms with Crippen LogP contribution in [0.2, 0.25) is 0 Å². The third-order valence-electron chi connectivity index (χ3n) is 4.17. The van der Waals surface area contributed by atoms with Gasteiger partial charge in [-0.2, -0.15) is 0 Å². The maximum absolute atomic E-state index is 11.6. The molecule has 1 amide bonds. The molecule has 1 aromatic carbocycles. The Balaban J connectivity index is 1.67. The van der Waals surface area contributed by atoms with Crippen LogP contribution in [0.15, 0.2) is 18.2 Å². The van der Waals surface area contributed by atoms with Crippen molar-refractivity contribution >= 4 is 11.6 Å². The molecule has 0 saturated heterocycles. The van der Waals surface area contributed by atoms with Crippen LogP contribution in [-0.2, 0) is 17.8 Å². The summed E-state index contributed by atoms with van der Waals surface area (Å²) in [6.45, 7) is 0.926. The number of benzene rings is 1. The lowest BCUT2D eigenvalue weighted by atomic mass is 10.1. The molecule has 1 saturated carbocycles. The van der Waals surface area contributed by atoms with E-state index in [1.54, 1.807) is 4.90 Å². The number of nitrogens with zero attached hydrogens (tertiary/aromatic N) is 1. The molecule has 0 bridgehead atoms. The largest absolute Gasteiger partial charge is 0.315 e. The predicted octanol–water partition coefficient (Wildman–Crippen LogP) is 2.24. The number of hydrogen-bond acceptors (Lipinski definition) is 2. The molecule has 1 N–H and O–H groups in total. The van der Waals surface area contributed by atoms with Crippen LogP contribution in [0.1, 0.15) is 36.8 Å². The number of hydrogen-bond donors (Lipinski definition) is 1. The summed E-state index contributed by atoms with van der Waals surface area (Å²) in [6, 6.07) is 7.09. The molecular weight excluding hydrogens is 224 g/mol. The third-order valence-corrected chi connectivity index (χ3v) is 4.17. The first kappa shape index (κ1) is 11.7. The lowest BCUT2D eigenvalue weighted by Crippen LogP contribution is -2.25. The molecule has 0 spiro atoms. The summed E-state index contributed by atoms with van der Waals surface area (Å²) in [5.74, 6) is 0.200. The molecule has 1 fully saturated rings. The van der Waals surface area contributed by atoms with E-state index in [9.17, 15) is 4.79 Å². The maximum Gasteiger partial charge on any atom is 0.231 e. The van der Waals surface area contributed by atoms with Crippen molar-refractivity contribution in [2.75, 3.05) is 11.9 Å². The van der Waals surface area contributed by atoms with Gasteiger partial charge in [0.1, 0.15) is 0 Å². The number of nitrogens with one attached hydrogen (secondary N) is 1. The lowest BCUT2D eigenvalue weighted by Gasteiger charge is -2.13. The second kappa shape index (κ2) is 4.73.